The SMILES string of the molecule is C[C@H]1CN(S(=O)(=O)c2cccc(C(F)(F)F)c2)c2cc(COc3c(F)cccc3Cl)ccc2O1. The zero-order valence-corrected chi connectivity index (χ0v) is 19.2. The molecule has 0 unspecified atom stereocenters. The smallest absolute Gasteiger partial charge is 0.416 e. The van der Waals surface area contributed by atoms with Crippen LogP contribution in [-0.2, 0) is 22.8 Å². The summed E-state index contributed by atoms with van der Waals surface area (Å²) in [6.45, 7) is 1.39. The summed E-state index contributed by atoms with van der Waals surface area (Å²) in [4.78, 5) is -0.498. The van der Waals surface area contributed by atoms with Crippen LogP contribution in [-0.4, -0.2) is 21.1 Å². The Balaban J connectivity index is 1.69. The minimum Gasteiger partial charge on any atom is -0.487 e. The fourth-order valence-electron chi connectivity index (χ4n) is 3.50. The summed E-state index contributed by atoms with van der Waals surface area (Å²) in [5.74, 6) is -0.571. The molecule has 1 atom stereocenters. The Morgan fingerprint density at radius 1 is 1.12 bits per heavy atom. The highest BCUT2D eigenvalue weighted by Crippen LogP contribution is 2.39. The quantitative estimate of drug-likeness (QED) is 0.388. The van der Waals surface area contributed by atoms with E-state index in [2.05, 4.69) is 0 Å². The molecular formula is C23H18ClF4NO4S. The lowest BCUT2D eigenvalue weighted by atomic mass is 10.1. The van der Waals surface area contributed by atoms with E-state index in [1.165, 1.54) is 30.3 Å². The first-order chi connectivity index (χ1) is 16.0. The number of hydrogen-bond donors (Lipinski definition) is 0. The van der Waals surface area contributed by atoms with E-state index in [0.717, 1.165) is 22.5 Å². The molecular weight excluding hydrogens is 498 g/mol. The van der Waals surface area contributed by atoms with Crippen LogP contribution < -0.4 is 13.8 Å². The molecule has 4 rings (SSSR count). The van der Waals surface area contributed by atoms with E-state index in [9.17, 15) is 26.0 Å². The fraction of sp³-hybridized carbons (Fsp3) is 0.217. The lowest BCUT2D eigenvalue weighted by molar-refractivity contribution is -0.137. The number of sulfonamides is 1. The number of ether oxygens (including phenoxy) is 2. The van der Waals surface area contributed by atoms with Gasteiger partial charge in [0.2, 0.25) is 0 Å². The first-order valence-corrected chi connectivity index (χ1v) is 11.8. The number of benzene rings is 3. The van der Waals surface area contributed by atoms with Gasteiger partial charge in [0.05, 0.1) is 27.7 Å². The van der Waals surface area contributed by atoms with Crippen molar-refractivity contribution in [2.75, 3.05) is 10.8 Å². The van der Waals surface area contributed by atoms with Crippen LogP contribution in [0.5, 0.6) is 11.5 Å². The number of alkyl halides is 3. The molecule has 0 N–H and O–H groups in total. The third kappa shape index (κ3) is 4.78. The Hall–Kier alpha value is -2.98. The molecule has 0 amide bonds. The van der Waals surface area contributed by atoms with E-state index in [1.54, 1.807) is 13.0 Å². The maximum absolute atomic E-state index is 14.0. The van der Waals surface area contributed by atoms with Gasteiger partial charge in [0.15, 0.2) is 11.6 Å². The van der Waals surface area contributed by atoms with Crippen LogP contribution in [0.1, 0.15) is 18.1 Å². The molecule has 0 aliphatic carbocycles. The molecule has 1 aliphatic rings. The van der Waals surface area contributed by atoms with Crippen LogP contribution in [0.15, 0.2) is 65.6 Å². The van der Waals surface area contributed by atoms with Gasteiger partial charge in [-0.1, -0.05) is 29.8 Å². The maximum atomic E-state index is 14.0. The van der Waals surface area contributed by atoms with Crippen molar-refractivity contribution in [1.29, 1.82) is 0 Å². The van der Waals surface area contributed by atoms with Crippen molar-refractivity contribution in [2.45, 2.75) is 30.7 Å². The topological polar surface area (TPSA) is 55.8 Å². The van der Waals surface area contributed by atoms with Crippen LogP contribution in [0.2, 0.25) is 5.02 Å². The standard InChI is InChI=1S/C23H18ClF4NO4S/c1-14-12-29(34(30,31)17-5-2-4-16(11-17)23(26,27)28)20-10-15(8-9-21(20)33-14)13-32-22-18(24)6-3-7-19(22)25/h2-11,14H,12-13H2,1H3/t14-/m0/s1. The molecule has 0 spiro atoms. The van der Waals surface area contributed by atoms with E-state index < -0.39 is 38.6 Å². The first-order valence-electron chi connectivity index (χ1n) is 10.0. The van der Waals surface area contributed by atoms with Gasteiger partial charge < -0.3 is 9.47 Å². The monoisotopic (exact) mass is 515 g/mol. The number of para-hydroxylation sites is 1. The van der Waals surface area contributed by atoms with Crippen molar-refractivity contribution < 1.29 is 35.5 Å². The Bertz CT molecular complexity index is 1310. The molecule has 3 aromatic carbocycles. The zero-order chi connectivity index (χ0) is 24.7. The average Bonchev–Trinajstić information content (AvgIpc) is 2.78. The molecule has 5 nitrogen and oxygen atoms in total. The average molecular weight is 516 g/mol. The van der Waals surface area contributed by atoms with Crippen molar-refractivity contribution in [3.8, 4) is 11.5 Å². The van der Waals surface area contributed by atoms with Gasteiger partial charge >= 0.3 is 6.18 Å². The summed E-state index contributed by atoms with van der Waals surface area (Å²) in [5, 5.41) is 0.0730. The molecule has 0 saturated heterocycles. The number of nitrogens with zero attached hydrogens (tertiary/aromatic N) is 1. The van der Waals surface area contributed by atoms with Gasteiger partial charge in [-0.15, -0.1) is 0 Å². The van der Waals surface area contributed by atoms with E-state index >= 15 is 0 Å². The molecule has 0 fully saturated rings. The van der Waals surface area contributed by atoms with Gasteiger partial charge in [0.25, 0.3) is 10.0 Å². The molecule has 11 heteroatoms. The van der Waals surface area contributed by atoms with E-state index in [4.69, 9.17) is 21.1 Å². The first kappa shape index (κ1) is 24.2. The number of anilines is 1. The van der Waals surface area contributed by atoms with Crippen molar-refractivity contribution in [3.63, 3.8) is 0 Å². The predicted molar refractivity (Wildman–Crippen MR) is 118 cm³/mol. The minimum absolute atomic E-state index is 0.0730. The molecule has 1 aliphatic heterocycles. The van der Waals surface area contributed by atoms with Crippen molar-refractivity contribution >= 4 is 27.3 Å². The highest BCUT2D eigenvalue weighted by molar-refractivity contribution is 7.92. The molecule has 3 aromatic rings. The van der Waals surface area contributed by atoms with E-state index in [1.807, 2.05) is 0 Å². The van der Waals surface area contributed by atoms with Crippen LogP contribution in [0, 0.1) is 5.82 Å². The normalized spacial score (nSPS) is 16.1. The van der Waals surface area contributed by atoms with E-state index in [0.29, 0.717) is 11.6 Å². The van der Waals surface area contributed by atoms with Gasteiger partial charge in [0.1, 0.15) is 18.5 Å². The Morgan fingerprint density at radius 2 is 1.85 bits per heavy atom. The predicted octanol–water partition coefficient (Wildman–Crippen LogP) is 6.05. The second-order valence-electron chi connectivity index (χ2n) is 7.63. The molecule has 180 valence electrons. The molecule has 34 heavy (non-hydrogen) atoms. The molecule has 0 radical (unpaired) electrons. The molecule has 0 saturated carbocycles. The van der Waals surface area contributed by atoms with Crippen molar-refractivity contribution in [1.82, 2.24) is 0 Å². The Morgan fingerprint density at radius 3 is 2.56 bits per heavy atom. The summed E-state index contributed by atoms with van der Waals surface area (Å²) in [7, 11) is -4.36. The summed E-state index contributed by atoms with van der Waals surface area (Å²) >= 11 is 5.97. The molecule has 0 aromatic heterocycles. The summed E-state index contributed by atoms with van der Waals surface area (Å²) < 4.78 is 92.4. The van der Waals surface area contributed by atoms with Crippen LogP contribution in [0.3, 0.4) is 0 Å². The van der Waals surface area contributed by atoms with Gasteiger partial charge in [-0.2, -0.15) is 13.2 Å². The van der Waals surface area contributed by atoms with Crippen molar-refractivity contribution in [3.05, 3.63) is 82.6 Å². The largest absolute Gasteiger partial charge is 0.487 e. The van der Waals surface area contributed by atoms with Crippen LogP contribution in [0.4, 0.5) is 23.2 Å². The minimum atomic E-state index is -4.69. The summed E-state index contributed by atoms with van der Waals surface area (Å²) in [5.41, 5.74) is -0.462. The number of rotatable bonds is 5. The fourth-order valence-corrected chi connectivity index (χ4v) is 5.30. The van der Waals surface area contributed by atoms with Gasteiger partial charge in [-0.25, -0.2) is 12.8 Å². The van der Waals surface area contributed by atoms with Crippen LogP contribution >= 0.6 is 11.6 Å². The number of fused-ring (bicyclic) bond motifs is 1. The maximum Gasteiger partial charge on any atom is 0.416 e. The summed E-state index contributed by atoms with van der Waals surface area (Å²) in [6, 6.07) is 12.3. The second kappa shape index (κ2) is 8.99. The van der Waals surface area contributed by atoms with Crippen molar-refractivity contribution in [2.24, 2.45) is 0 Å². The summed E-state index contributed by atoms with van der Waals surface area (Å²) in [6.07, 6.45) is -5.24. The van der Waals surface area contributed by atoms with Gasteiger partial charge in [-0.05, 0) is 55.0 Å². The number of hydrogen-bond acceptors (Lipinski definition) is 4. The third-order valence-corrected chi connectivity index (χ3v) is 7.17. The highest BCUT2D eigenvalue weighted by atomic mass is 35.5. The van der Waals surface area contributed by atoms with Gasteiger partial charge in [-0.3, -0.25) is 4.31 Å². The lowest BCUT2D eigenvalue weighted by Gasteiger charge is -2.34. The Kier molecular flexibility index (Phi) is 6.39. The van der Waals surface area contributed by atoms with Gasteiger partial charge in [0, 0.05) is 0 Å². The lowest BCUT2D eigenvalue weighted by Crippen LogP contribution is -2.42. The third-order valence-electron chi connectivity index (χ3n) is 5.09. The number of halogens is 5. The molecule has 1 heterocycles. The Labute approximate surface area is 198 Å². The van der Waals surface area contributed by atoms with E-state index in [-0.39, 0.29) is 35.4 Å². The zero-order valence-electron chi connectivity index (χ0n) is 17.6. The second-order valence-corrected chi connectivity index (χ2v) is 9.90. The highest BCUT2D eigenvalue weighted by Gasteiger charge is 2.36. The van der Waals surface area contributed by atoms with Crippen LogP contribution in [0.25, 0.3) is 0 Å². The molecule has 0 bridgehead atoms.